The van der Waals surface area contributed by atoms with E-state index in [0.717, 1.165) is 32.8 Å². The van der Waals surface area contributed by atoms with Crippen LogP contribution in [-0.2, 0) is 9.53 Å². The summed E-state index contributed by atoms with van der Waals surface area (Å²) >= 11 is 0. The summed E-state index contributed by atoms with van der Waals surface area (Å²) in [6.45, 7) is 4.46. The highest BCUT2D eigenvalue weighted by Crippen LogP contribution is 2.32. The zero-order chi connectivity index (χ0) is 12.8. The molecule has 0 spiro atoms. The van der Waals surface area contributed by atoms with Crippen molar-refractivity contribution >= 4 is 5.97 Å². The Hall–Kier alpha value is -0.610. The van der Waals surface area contributed by atoms with Crippen LogP contribution >= 0.6 is 0 Å². The van der Waals surface area contributed by atoms with Crippen LogP contribution in [0.3, 0.4) is 0 Å². The van der Waals surface area contributed by atoms with Crippen LogP contribution < -0.4 is 0 Å². The van der Waals surface area contributed by atoms with Gasteiger partial charge in [-0.15, -0.1) is 0 Å². The van der Waals surface area contributed by atoms with Gasteiger partial charge < -0.3 is 9.84 Å². The molecule has 0 radical (unpaired) electrons. The summed E-state index contributed by atoms with van der Waals surface area (Å²) in [5, 5.41) is 9.10. The molecular weight excluding hydrogens is 230 g/mol. The van der Waals surface area contributed by atoms with E-state index in [2.05, 4.69) is 4.90 Å². The summed E-state index contributed by atoms with van der Waals surface area (Å²) in [4.78, 5) is 13.4. The number of hydrogen-bond acceptors (Lipinski definition) is 3. The largest absolute Gasteiger partial charge is 0.481 e. The molecule has 1 saturated carbocycles. The van der Waals surface area contributed by atoms with E-state index in [1.165, 1.54) is 32.1 Å². The molecular formula is C14H25NO3. The second kappa shape index (κ2) is 7.10. The van der Waals surface area contributed by atoms with Gasteiger partial charge in [-0.1, -0.05) is 32.1 Å². The quantitative estimate of drug-likeness (QED) is 0.816. The number of carboxylic acid groups (broad SMARTS) is 1. The standard InChI is InChI=1S/C14H25NO3/c16-14(17)10-13(12-4-2-1-3-5-12)11-15-6-8-18-9-7-15/h12-13H,1-11H2,(H,16,17). The van der Waals surface area contributed by atoms with Crippen molar-refractivity contribution in [3.63, 3.8) is 0 Å². The van der Waals surface area contributed by atoms with E-state index in [4.69, 9.17) is 9.84 Å². The Morgan fingerprint density at radius 2 is 1.89 bits per heavy atom. The van der Waals surface area contributed by atoms with Gasteiger partial charge in [-0.2, -0.15) is 0 Å². The van der Waals surface area contributed by atoms with Crippen molar-refractivity contribution < 1.29 is 14.6 Å². The Morgan fingerprint density at radius 1 is 1.22 bits per heavy atom. The Morgan fingerprint density at radius 3 is 2.50 bits per heavy atom. The van der Waals surface area contributed by atoms with E-state index in [1.807, 2.05) is 0 Å². The van der Waals surface area contributed by atoms with Crippen molar-refractivity contribution in [2.75, 3.05) is 32.8 Å². The summed E-state index contributed by atoms with van der Waals surface area (Å²) in [5.41, 5.74) is 0. The molecule has 0 aromatic rings. The van der Waals surface area contributed by atoms with Gasteiger partial charge in [0.05, 0.1) is 13.2 Å². The van der Waals surface area contributed by atoms with Crippen molar-refractivity contribution in [3.05, 3.63) is 0 Å². The second-order valence-corrected chi connectivity index (χ2v) is 5.67. The van der Waals surface area contributed by atoms with Crippen LogP contribution in [0.5, 0.6) is 0 Å². The summed E-state index contributed by atoms with van der Waals surface area (Å²) in [5.74, 6) is 0.317. The lowest BCUT2D eigenvalue weighted by Crippen LogP contribution is -2.41. The van der Waals surface area contributed by atoms with Gasteiger partial charge in [0.15, 0.2) is 0 Å². The molecule has 0 aromatic heterocycles. The van der Waals surface area contributed by atoms with Crippen LogP contribution in [0.2, 0.25) is 0 Å². The zero-order valence-electron chi connectivity index (χ0n) is 11.1. The first kappa shape index (κ1) is 13.8. The topological polar surface area (TPSA) is 49.8 Å². The van der Waals surface area contributed by atoms with Gasteiger partial charge >= 0.3 is 5.97 Å². The predicted octanol–water partition coefficient (Wildman–Crippen LogP) is 1.99. The fourth-order valence-electron chi connectivity index (χ4n) is 3.33. The Bertz CT molecular complexity index is 258. The van der Waals surface area contributed by atoms with Gasteiger partial charge in [-0.05, 0) is 11.8 Å². The van der Waals surface area contributed by atoms with Crippen LogP contribution in [0.25, 0.3) is 0 Å². The number of carboxylic acids is 1. The molecule has 1 aliphatic heterocycles. The molecule has 1 aliphatic carbocycles. The van der Waals surface area contributed by atoms with Crippen LogP contribution in [0.15, 0.2) is 0 Å². The van der Waals surface area contributed by atoms with E-state index in [-0.39, 0.29) is 0 Å². The molecule has 104 valence electrons. The minimum atomic E-state index is -0.640. The third kappa shape index (κ3) is 4.25. The van der Waals surface area contributed by atoms with Crippen molar-refractivity contribution in [2.24, 2.45) is 11.8 Å². The maximum Gasteiger partial charge on any atom is 0.303 e. The number of ether oxygens (including phenoxy) is 1. The average molecular weight is 255 g/mol. The maximum absolute atomic E-state index is 11.1. The summed E-state index contributed by atoms with van der Waals surface area (Å²) in [6.07, 6.45) is 6.67. The molecule has 1 atom stereocenters. The third-order valence-corrected chi connectivity index (χ3v) is 4.35. The zero-order valence-corrected chi connectivity index (χ0v) is 11.1. The molecule has 2 aliphatic rings. The molecule has 2 fully saturated rings. The smallest absolute Gasteiger partial charge is 0.303 e. The van der Waals surface area contributed by atoms with E-state index in [9.17, 15) is 4.79 Å². The van der Waals surface area contributed by atoms with E-state index >= 15 is 0 Å². The Kier molecular flexibility index (Phi) is 5.45. The minimum absolute atomic E-state index is 0.334. The number of morpholine rings is 1. The van der Waals surface area contributed by atoms with Crippen molar-refractivity contribution in [1.82, 2.24) is 4.90 Å². The number of aliphatic carboxylic acids is 1. The van der Waals surface area contributed by atoms with E-state index in [0.29, 0.717) is 18.3 Å². The van der Waals surface area contributed by atoms with Crippen LogP contribution in [0.4, 0.5) is 0 Å². The first-order valence-corrected chi connectivity index (χ1v) is 7.27. The molecule has 4 heteroatoms. The third-order valence-electron chi connectivity index (χ3n) is 4.35. The number of rotatable bonds is 5. The minimum Gasteiger partial charge on any atom is -0.481 e. The van der Waals surface area contributed by atoms with Crippen LogP contribution in [-0.4, -0.2) is 48.8 Å². The lowest BCUT2D eigenvalue weighted by Gasteiger charge is -2.35. The van der Waals surface area contributed by atoms with Crippen LogP contribution in [0, 0.1) is 11.8 Å². The van der Waals surface area contributed by atoms with E-state index in [1.54, 1.807) is 0 Å². The molecule has 0 bridgehead atoms. The second-order valence-electron chi connectivity index (χ2n) is 5.67. The highest BCUT2D eigenvalue weighted by Gasteiger charge is 2.27. The number of carbonyl (C=O) groups is 1. The highest BCUT2D eigenvalue weighted by atomic mass is 16.5. The molecule has 1 unspecified atom stereocenters. The van der Waals surface area contributed by atoms with Crippen molar-refractivity contribution in [2.45, 2.75) is 38.5 Å². The van der Waals surface area contributed by atoms with Crippen molar-refractivity contribution in [3.8, 4) is 0 Å². The monoisotopic (exact) mass is 255 g/mol. The molecule has 0 amide bonds. The molecule has 4 nitrogen and oxygen atoms in total. The summed E-state index contributed by atoms with van der Waals surface area (Å²) < 4.78 is 5.35. The van der Waals surface area contributed by atoms with Crippen LogP contribution in [0.1, 0.15) is 38.5 Å². The molecule has 1 saturated heterocycles. The SMILES string of the molecule is O=C(O)CC(CN1CCOCC1)C1CCCCC1. The molecule has 1 heterocycles. The fraction of sp³-hybridized carbons (Fsp3) is 0.929. The van der Waals surface area contributed by atoms with Crippen molar-refractivity contribution in [1.29, 1.82) is 0 Å². The Labute approximate surface area is 109 Å². The van der Waals surface area contributed by atoms with Gasteiger partial charge in [0, 0.05) is 26.1 Å². The molecule has 18 heavy (non-hydrogen) atoms. The van der Waals surface area contributed by atoms with Gasteiger partial charge in [0.2, 0.25) is 0 Å². The molecule has 2 rings (SSSR count). The average Bonchev–Trinajstić information content (AvgIpc) is 2.40. The Balaban J connectivity index is 1.88. The van der Waals surface area contributed by atoms with Gasteiger partial charge in [0.25, 0.3) is 0 Å². The maximum atomic E-state index is 11.1. The van der Waals surface area contributed by atoms with Gasteiger partial charge in [0.1, 0.15) is 0 Å². The first-order chi connectivity index (χ1) is 8.75. The number of nitrogens with zero attached hydrogens (tertiary/aromatic N) is 1. The number of hydrogen-bond donors (Lipinski definition) is 1. The summed E-state index contributed by atoms with van der Waals surface area (Å²) in [7, 11) is 0. The van der Waals surface area contributed by atoms with E-state index < -0.39 is 5.97 Å². The molecule has 1 N–H and O–H groups in total. The first-order valence-electron chi connectivity index (χ1n) is 7.27. The van der Waals surface area contributed by atoms with Gasteiger partial charge in [-0.25, -0.2) is 0 Å². The lowest BCUT2D eigenvalue weighted by molar-refractivity contribution is -0.139. The predicted molar refractivity (Wildman–Crippen MR) is 69.6 cm³/mol. The normalized spacial score (nSPS) is 24.9. The molecule has 0 aromatic carbocycles. The highest BCUT2D eigenvalue weighted by molar-refractivity contribution is 5.67. The lowest BCUT2D eigenvalue weighted by atomic mass is 9.78. The summed E-state index contributed by atoms with van der Waals surface area (Å²) in [6, 6.07) is 0. The fourth-order valence-corrected chi connectivity index (χ4v) is 3.33. The van der Waals surface area contributed by atoms with Gasteiger partial charge in [-0.3, -0.25) is 9.69 Å².